The van der Waals surface area contributed by atoms with Gasteiger partial charge in [0.1, 0.15) is 0 Å². The molecular weight excluding hydrogens is 206 g/mol. The van der Waals surface area contributed by atoms with E-state index in [1.807, 2.05) is 0 Å². The number of hydrogen-bond acceptors (Lipinski definition) is 1. The first-order valence-corrected chi connectivity index (χ1v) is 6.22. The summed E-state index contributed by atoms with van der Waals surface area (Å²) in [5, 5.41) is 4.43. The van der Waals surface area contributed by atoms with E-state index in [2.05, 4.69) is 23.5 Å². The van der Waals surface area contributed by atoms with Crippen molar-refractivity contribution < 1.29 is 0 Å². The molecule has 0 saturated heterocycles. The van der Waals surface area contributed by atoms with Gasteiger partial charge in [0.25, 0.3) is 0 Å². The summed E-state index contributed by atoms with van der Waals surface area (Å²) >= 11 is 6.27. The number of halogens is 1. The number of rotatable bonds is 4. The van der Waals surface area contributed by atoms with Gasteiger partial charge in [0.2, 0.25) is 0 Å². The second kappa shape index (κ2) is 3.80. The van der Waals surface area contributed by atoms with Crippen molar-refractivity contribution in [1.29, 1.82) is 0 Å². The van der Waals surface area contributed by atoms with Crippen molar-refractivity contribution in [2.75, 3.05) is 0 Å². The summed E-state index contributed by atoms with van der Waals surface area (Å²) in [6.45, 7) is 0.925. The fourth-order valence-corrected chi connectivity index (χ4v) is 2.18. The van der Waals surface area contributed by atoms with E-state index < -0.39 is 0 Å². The van der Waals surface area contributed by atoms with E-state index in [-0.39, 0.29) is 0 Å². The third kappa shape index (κ3) is 2.35. The summed E-state index contributed by atoms with van der Waals surface area (Å²) in [7, 11) is 0. The van der Waals surface area contributed by atoms with Gasteiger partial charge in [-0.15, -0.1) is 0 Å². The van der Waals surface area contributed by atoms with E-state index in [9.17, 15) is 0 Å². The Bertz CT molecular complexity index is 367. The van der Waals surface area contributed by atoms with Crippen molar-refractivity contribution >= 4 is 11.6 Å². The van der Waals surface area contributed by atoms with Crippen LogP contribution in [0.5, 0.6) is 0 Å². The quantitative estimate of drug-likeness (QED) is 0.821. The van der Waals surface area contributed by atoms with E-state index in [4.69, 9.17) is 11.6 Å². The molecule has 2 fully saturated rings. The lowest BCUT2D eigenvalue weighted by atomic mass is 10.1. The molecule has 1 nitrogen and oxygen atoms in total. The van der Waals surface area contributed by atoms with Gasteiger partial charge in [-0.3, -0.25) is 0 Å². The van der Waals surface area contributed by atoms with Crippen LogP contribution in [0, 0.1) is 0 Å². The summed E-state index contributed by atoms with van der Waals surface area (Å²) in [6.07, 6.45) is 5.35. The number of hydrogen-bond donors (Lipinski definition) is 1. The van der Waals surface area contributed by atoms with Crippen LogP contribution in [0.2, 0.25) is 5.02 Å². The monoisotopic (exact) mass is 221 g/mol. The maximum atomic E-state index is 6.27. The van der Waals surface area contributed by atoms with Gasteiger partial charge in [-0.05, 0) is 48.8 Å². The summed E-state index contributed by atoms with van der Waals surface area (Å²) in [5.74, 6) is 0.799. The Hall–Kier alpha value is -0.530. The van der Waals surface area contributed by atoms with Gasteiger partial charge in [-0.2, -0.15) is 0 Å². The van der Waals surface area contributed by atoms with Crippen molar-refractivity contribution in [3.05, 3.63) is 34.3 Å². The van der Waals surface area contributed by atoms with Crippen molar-refractivity contribution in [2.45, 2.75) is 44.2 Å². The predicted molar refractivity (Wildman–Crippen MR) is 63.3 cm³/mol. The molecule has 1 aromatic carbocycles. The zero-order valence-corrected chi connectivity index (χ0v) is 9.56. The number of benzene rings is 1. The van der Waals surface area contributed by atoms with Crippen molar-refractivity contribution in [1.82, 2.24) is 5.32 Å². The highest BCUT2D eigenvalue weighted by Gasteiger charge is 2.24. The first kappa shape index (κ1) is 9.68. The molecule has 15 heavy (non-hydrogen) atoms. The molecule has 80 valence electrons. The minimum Gasteiger partial charge on any atom is -0.310 e. The highest BCUT2D eigenvalue weighted by Crippen LogP contribution is 2.41. The molecule has 0 aromatic heterocycles. The molecule has 1 aromatic rings. The van der Waals surface area contributed by atoms with Crippen molar-refractivity contribution in [3.63, 3.8) is 0 Å². The summed E-state index contributed by atoms with van der Waals surface area (Å²) in [5.41, 5.74) is 2.67. The lowest BCUT2D eigenvalue weighted by molar-refractivity contribution is 0.688. The van der Waals surface area contributed by atoms with Gasteiger partial charge in [-0.25, -0.2) is 0 Å². The minimum absolute atomic E-state index is 0.754. The van der Waals surface area contributed by atoms with E-state index in [1.54, 1.807) is 0 Å². The van der Waals surface area contributed by atoms with Gasteiger partial charge >= 0.3 is 0 Å². The molecule has 0 radical (unpaired) electrons. The van der Waals surface area contributed by atoms with Crippen LogP contribution in [0.4, 0.5) is 0 Å². The molecule has 0 amide bonds. The molecule has 1 N–H and O–H groups in total. The Labute approximate surface area is 95.8 Å². The normalized spacial score (nSPS) is 20.6. The first-order chi connectivity index (χ1) is 7.33. The maximum Gasteiger partial charge on any atom is 0.0453 e. The van der Waals surface area contributed by atoms with Gasteiger partial charge in [0.05, 0.1) is 0 Å². The van der Waals surface area contributed by atoms with Crippen LogP contribution >= 0.6 is 11.6 Å². The summed E-state index contributed by atoms with van der Waals surface area (Å²) < 4.78 is 0. The third-order valence-electron chi connectivity index (χ3n) is 3.28. The topological polar surface area (TPSA) is 12.0 Å². The van der Waals surface area contributed by atoms with E-state index in [0.29, 0.717) is 0 Å². The SMILES string of the molecule is Clc1cc(C2CC2)ccc1CNC1CC1. The first-order valence-electron chi connectivity index (χ1n) is 5.84. The van der Waals surface area contributed by atoms with Crippen LogP contribution in [0.25, 0.3) is 0 Å². The van der Waals surface area contributed by atoms with Crippen molar-refractivity contribution in [2.24, 2.45) is 0 Å². The molecule has 0 atom stereocenters. The third-order valence-corrected chi connectivity index (χ3v) is 3.64. The minimum atomic E-state index is 0.754. The lowest BCUT2D eigenvalue weighted by Gasteiger charge is -2.07. The van der Waals surface area contributed by atoms with E-state index in [0.717, 1.165) is 23.5 Å². The molecule has 2 aliphatic rings. The molecule has 2 saturated carbocycles. The van der Waals surface area contributed by atoms with Gasteiger partial charge in [0.15, 0.2) is 0 Å². The Morgan fingerprint density at radius 2 is 2.00 bits per heavy atom. The Morgan fingerprint density at radius 3 is 2.60 bits per heavy atom. The molecule has 0 bridgehead atoms. The summed E-state index contributed by atoms with van der Waals surface area (Å²) in [6, 6.07) is 7.34. The van der Waals surface area contributed by atoms with Gasteiger partial charge < -0.3 is 5.32 Å². The Balaban J connectivity index is 1.70. The van der Waals surface area contributed by atoms with E-state index in [1.165, 1.54) is 36.8 Å². The lowest BCUT2D eigenvalue weighted by Crippen LogP contribution is -2.15. The zero-order valence-electron chi connectivity index (χ0n) is 8.80. The fraction of sp³-hybridized carbons (Fsp3) is 0.538. The zero-order chi connectivity index (χ0) is 10.3. The smallest absolute Gasteiger partial charge is 0.0453 e. The molecule has 0 aliphatic heterocycles. The molecule has 2 aliphatic carbocycles. The molecule has 0 heterocycles. The second-order valence-corrected chi connectivity index (χ2v) is 5.19. The largest absolute Gasteiger partial charge is 0.310 e. The highest BCUT2D eigenvalue weighted by atomic mass is 35.5. The van der Waals surface area contributed by atoms with Gasteiger partial charge in [0, 0.05) is 17.6 Å². The number of nitrogens with one attached hydrogen (secondary N) is 1. The summed E-state index contributed by atoms with van der Waals surface area (Å²) in [4.78, 5) is 0. The van der Waals surface area contributed by atoms with Crippen molar-refractivity contribution in [3.8, 4) is 0 Å². The second-order valence-electron chi connectivity index (χ2n) is 4.78. The Morgan fingerprint density at radius 1 is 1.20 bits per heavy atom. The molecule has 2 heteroatoms. The average Bonchev–Trinajstić information content (AvgIpc) is 3.09. The molecule has 3 rings (SSSR count). The fourth-order valence-electron chi connectivity index (χ4n) is 1.92. The molecule has 0 unspecified atom stereocenters. The van der Waals surface area contributed by atoms with Crippen LogP contribution in [0.1, 0.15) is 42.7 Å². The molecule has 0 spiro atoms. The van der Waals surface area contributed by atoms with Crippen LogP contribution in [0.3, 0.4) is 0 Å². The standard InChI is InChI=1S/C13H16ClN/c14-13-7-10(9-1-2-9)3-4-11(13)8-15-12-5-6-12/h3-4,7,9,12,15H,1-2,5-6,8H2. The maximum absolute atomic E-state index is 6.27. The van der Waals surface area contributed by atoms with Crippen LogP contribution in [-0.4, -0.2) is 6.04 Å². The Kier molecular flexibility index (Phi) is 2.45. The van der Waals surface area contributed by atoms with E-state index >= 15 is 0 Å². The van der Waals surface area contributed by atoms with Crippen LogP contribution in [0.15, 0.2) is 18.2 Å². The highest BCUT2D eigenvalue weighted by molar-refractivity contribution is 6.31. The predicted octanol–water partition coefficient (Wildman–Crippen LogP) is 3.47. The molecular formula is C13H16ClN. The average molecular weight is 222 g/mol. The van der Waals surface area contributed by atoms with Crippen LogP contribution < -0.4 is 5.32 Å². The van der Waals surface area contributed by atoms with Crippen LogP contribution in [-0.2, 0) is 6.54 Å². The van der Waals surface area contributed by atoms with Gasteiger partial charge in [-0.1, -0.05) is 23.7 Å².